The van der Waals surface area contributed by atoms with Gasteiger partial charge in [-0.2, -0.15) is 0 Å². The van der Waals surface area contributed by atoms with Gasteiger partial charge in [0.1, 0.15) is 0 Å². The Morgan fingerprint density at radius 2 is 2.18 bits per heavy atom. The second-order valence-corrected chi connectivity index (χ2v) is 6.67. The molecule has 1 aliphatic carbocycles. The molecule has 0 bridgehead atoms. The van der Waals surface area contributed by atoms with Gasteiger partial charge in [0, 0.05) is 16.7 Å². The zero-order valence-electron chi connectivity index (χ0n) is 10.9. The predicted molar refractivity (Wildman–Crippen MR) is 76.3 cm³/mol. The van der Waals surface area contributed by atoms with Gasteiger partial charge in [-0.05, 0) is 42.9 Å². The summed E-state index contributed by atoms with van der Waals surface area (Å²) in [4.78, 5) is 1.41. The van der Waals surface area contributed by atoms with Crippen molar-refractivity contribution in [2.75, 3.05) is 0 Å². The first kappa shape index (κ1) is 13.0. The van der Waals surface area contributed by atoms with Gasteiger partial charge in [0.2, 0.25) is 0 Å². The molecule has 0 spiro atoms. The fourth-order valence-electron chi connectivity index (χ4n) is 2.61. The van der Waals surface area contributed by atoms with Crippen LogP contribution in [-0.4, -0.2) is 5.25 Å². The summed E-state index contributed by atoms with van der Waals surface area (Å²) in [5.41, 5.74) is 8.47. The molecule has 1 aliphatic rings. The molecule has 0 aliphatic heterocycles. The quantitative estimate of drug-likeness (QED) is 0.872. The smallest absolute Gasteiger partial charge is 0.0189 e. The van der Waals surface area contributed by atoms with E-state index in [0.29, 0.717) is 6.54 Å². The Labute approximate surface area is 109 Å². The first-order chi connectivity index (χ1) is 8.19. The molecule has 0 amide bonds. The van der Waals surface area contributed by atoms with E-state index >= 15 is 0 Å². The van der Waals surface area contributed by atoms with Gasteiger partial charge in [-0.1, -0.05) is 31.9 Å². The fraction of sp³-hybridized carbons (Fsp3) is 0.600. The van der Waals surface area contributed by atoms with Crippen molar-refractivity contribution in [3.05, 3.63) is 29.3 Å². The van der Waals surface area contributed by atoms with Crippen LogP contribution in [0.15, 0.2) is 23.1 Å². The lowest BCUT2D eigenvalue weighted by Crippen LogP contribution is -2.15. The van der Waals surface area contributed by atoms with Crippen LogP contribution in [0.25, 0.3) is 0 Å². The third-order valence-corrected chi connectivity index (χ3v) is 5.02. The van der Waals surface area contributed by atoms with Crippen LogP contribution < -0.4 is 5.73 Å². The Bertz CT molecular complexity index is 375. The molecule has 0 saturated heterocycles. The maximum absolute atomic E-state index is 5.82. The summed E-state index contributed by atoms with van der Waals surface area (Å²) in [5.74, 6) is 0.896. The van der Waals surface area contributed by atoms with Crippen molar-refractivity contribution in [2.45, 2.75) is 56.2 Å². The van der Waals surface area contributed by atoms with Gasteiger partial charge in [0.05, 0.1) is 0 Å². The van der Waals surface area contributed by atoms with Gasteiger partial charge in [0.15, 0.2) is 0 Å². The molecule has 2 heteroatoms. The summed E-state index contributed by atoms with van der Waals surface area (Å²) >= 11 is 2.05. The van der Waals surface area contributed by atoms with E-state index in [-0.39, 0.29) is 0 Å². The summed E-state index contributed by atoms with van der Waals surface area (Å²) in [7, 11) is 0. The Hall–Kier alpha value is -0.470. The van der Waals surface area contributed by atoms with Crippen LogP contribution in [0.4, 0.5) is 0 Å². The van der Waals surface area contributed by atoms with Crippen LogP contribution in [-0.2, 0) is 6.54 Å². The molecule has 94 valence electrons. The van der Waals surface area contributed by atoms with Crippen LogP contribution >= 0.6 is 11.8 Å². The zero-order valence-corrected chi connectivity index (χ0v) is 11.7. The van der Waals surface area contributed by atoms with E-state index in [1.54, 1.807) is 0 Å². The summed E-state index contributed by atoms with van der Waals surface area (Å²) in [5, 5.41) is 0.797. The Morgan fingerprint density at radius 3 is 2.88 bits per heavy atom. The first-order valence-electron chi connectivity index (χ1n) is 6.65. The van der Waals surface area contributed by atoms with Gasteiger partial charge in [-0.3, -0.25) is 0 Å². The van der Waals surface area contributed by atoms with E-state index in [2.05, 4.69) is 43.8 Å². The second kappa shape index (κ2) is 5.92. The number of benzene rings is 1. The Kier molecular flexibility index (Phi) is 4.52. The SMILES string of the molecule is Cc1ccc(CN)c(SC2CCCC(C)C2)c1. The Morgan fingerprint density at radius 1 is 1.35 bits per heavy atom. The van der Waals surface area contributed by atoms with E-state index in [9.17, 15) is 0 Å². The molecular weight excluding hydrogens is 226 g/mol. The summed E-state index contributed by atoms with van der Waals surface area (Å²) < 4.78 is 0. The molecule has 2 atom stereocenters. The molecule has 2 unspecified atom stereocenters. The van der Waals surface area contributed by atoms with E-state index in [4.69, 9.17) is 5.73 Å². The molecular formula is C15H23NS. The van der Waals surface area contributed by atoms with Gasteiger partial charge >= 0.3 is 0 Å². The lowest BCUT2D eigenvalue weighted by molar-refractivity contribution is 0.394. The summed E-state index contributed by atoms with van der Waals surface area (Å²) in [6.45, 7) is 5.20. The number of hydrogen-bond donors (Lipinski definition) is 1. The molecule has 1 fully saturated rings. The summed E-state index contributed by atoms with van der Waals surface area (Å²) in [6.07, 6.45) is 5.53. The molecule has 1 aromatic rings. The first-order valence-corrected chi connectivity index (χ1v) is 7.53. The topological polar surface area (TPSA) is 26.0 Å². The van der Waals surface area contributed by atoms with Crippen molar-refractivity contribution in [1.82, 2.24) is 0 Å². The van der Waals surface area contributed by atoms with Crippen molar-refractivity contribution in [3.63, 3.8) is 0 Å². The molecule has 1 nitrogen and oxygen atoms in total. The van der Waals surface area contributed by atoms with E-state index in [1.165, 1.54) is 41.7 Å². The van der Waals surface area contributed by atoms with Gasteiger partial charge in [0.25, 0.3) is 0 Å². The highest BCUT2D eigenvalue weighted by molar-refractivity contribution is 8.00. The number of rotatable bonds is 3. The number of nitrogens with two attached hydrogens (primary N) is 1. The minimum Gasteiger partial charge on any atom is -0.326 e. The molecule has 1 aromatic carbocycles. The fourth-order valence-corrected chi connectivity index (χ4v) is 4.23. The van der Waals surface area contributed by atoms with Crippen LogP contribution in [0.1, 0.15) is 43.7 Å². The van der Waals surface area contributed by atoms with E-state index < -0.39 is 0 Å². The number of thioether (sulfide) groups is 1. The van der Waals surface area contributed by atoms with Crippen molar-refractivity contribution in [2.24, 2.45) is 11.7 Å². The lowest BCUT2D eigenvalue weighted by atomic mass is 9.91. The van der Waals surface area contributed by atoms with Gasteiger partial charge in [-0.15, -0.1) is 11.8 Å². The monoisotopic (exact) mass is 249 g/mol. The number of hydrogen-bond acceptors (Lipinski definition) is 2. The molecule has 0 radical (unpaired) electrons. The third kappa shape index (κ3) is 3.49. The van der Waals surface area contributed by atoms with Crippen LogP contribution in [0, 0.1) is 12.8 Å². The van der Waals surface area contributed by atoms with E-state index in [1.807, 2.05) is 0 Å². The minimum atomic E-state index is 0.658. The van der Waals surface area contributed by atoms with Crippen molar-refractivity contribution >= 4 is 11.8 Å². The highest BCUT2D eigenvalue weighted by Gasteiger charge is 2.20. The molecule has 0 heterocycles. The van der Waals surface area contributed by atoms with E-state index in [0.717, 1.165) is 11.2 Å². The Balaban J connectivity index is 2.08. The highest BCUT2D eigenvalue weighted by Crippen LogP contribution is 2.37. The van der Waals surface area contributed by atoms with Gasteiger partial charge in [-0.25, -0.2) is 0 Å². The molecule has 1 saturated carbocycles. The maximum atomic E-state index is 5.82. The predicted octanol–water partition coefficient (Wildman–Crippen LogP) is 4.12. The van der Waals surface area contributed by atoms with Crippen molar-refractivity contribution < 1.29 is 0 Å². The third-order valence-electron chi connectivity index (χ3n) is 3.62. The average molecular weight is 249 g/mol. The average Bonchev–Trinajstić information content (AvgIpc) is 2.29. The largest absolute Gasteiger partial charge is 0.326 e. The number of aryl methyl sites for hydroxylation is 1. The lowest BCUT2D eigenvalue weighted by Gasteiger charge is -2.26. The highest BCUT2D eigenvalue weighted by atomic mass is 32.2. The molecule has 0 aromatic heterocycles. The molecule has 2 rings (SSSR count). The van der Waals surface area contributed by atoms with Gasteiger partial charge < -0.3 is 5.73 Å². The second-order valence-electron chi connectivity index (χ2n) is 5.33. The maximum Gasteiger partial charge on any atom is 0.0189 e. The van der Waals surface area contributed by atoms with Crippen LogP contribution in [0.2, 0.25) is 0 Å². The standard InChI is InChI=1S/C15H23NS/c1-11-4-3-5-14(8-11)17-15-9-12(2)6-7-13(15)10-16/h6-7,9,11,14H,3-5,8,10,16H2,1-2H3. The van der Waals surface area contributed by atoms with Crippen molar-refractivity contribution in [1.29, 1.82) is 0 Å². The minimum absolute atomic E-state index is 0.658. The van der Waals surface area contributed by atoms with Crippen LogP contribution in [0.3, 0.4) is 0 Å². The van der Waals surface area contributed by atoms with Crippen molar-refractivity contribution in [3.8, 4) is 0 Å². The van der Waals surface area contributed by atoms with Crippen LogP contribution in [0.5, 0.6) is 0 Å². The molecule has 17 heavy (non-hydrogen) atoms. The zero-order chi connectivity index (χ0) is 12.3. The normalized spacial score (nSPS) is 24.9. The molecule has 2 N–H and O–H groups in total. The summed E-state index contributed by atoms with van der Waals surface area (Å²) in [6, 6.07) is 6.64.